The van der Waals surface area contributed by atoms with E-state index in [1.807, 2.05) is 35.2 Å². The minimum atomic E-state index is -3.27. The number of hydrogen-bond acceptors (Lipinski definition) is 7. The number of nitrogens with zero attached hydrogens (tertiary/aromatic N) is 4. The topological polar surface area (TPSA) is 105 Å². The van der Waals surface area contributed by atoms with Crippen molar-refractivity contribution in [2.75, 3.05) is 42.7 Å². The summed E-state index contributed by atoms with van der Waals surface area (Å²) in [6.45, 7) is 2.25. The molecule has 5 rings (SSSR count). The van der Waals surface area contributed by atoms with Crippen LogP contribution in [0.2, 0.25) is 0 Å². The number of sulfone groups is 1. The molecule has 3 aromatic rings. The number of carbonyl (C=O) groups excluding carboxylic acids is 1. The van der Waals surface area contributed by atoms with Crippen molar-refractivity contribution in [1.29, 1.82) is 0 Å². The Hall–Kier alpha value is -3.66. The summed E-state index contributed by atoms with van der Waals surface area (Å²) in [5, 5.41) is 8.08. The molecule has 0 bridgehead atoms. The Morgan fingerprint density at radius 1 is 0.949 bits per heavy atom. The molecule has 206 valence electrons. The molecular formula is C29H35N5O4S. The molecule has 0 unspecified atom stereocenters. The molecular weight excluding hydrogens is 514 g/mol. The summed E-state index contributed by atoms with van der Waals surface area (Å²) in [5.74, 6) is -0.0000651. The third-order valence-electron chi connectivity index (χ3n) is 7.59. The van der Waals surface area contributed by atoms with Gasteiger partial charge in [-0.15, -0.1) is 0 Å². The Morgan fingerprint density at radius 3 is 2.26 bits per heavy atom. The van der Waals surface area contributed by atoms with Crippen LogP contribution in [0.4, 0.5) is 11.4 Å². The van der Waals surface area contributed by atoms with Crippen LogP contribution in [0.3, 0.4) is 0 Å². The Morgan fingerprint density at radius 2 is 1.62 bits per heavy atom. The van der Waals surface area contributed by atoms with Crippen LogP contribution in [-0.2, 0) is 21.1 Å². The van der Waals surface area contributed by atoms with Crippen molar-refractivity contribution in [3.63, 3.8) is 0 Å². The van der Waals surface area contributed by atoms with E-state index in [4.69, 9.17) is 0 Å². The lowest BCUT2D eigenvalue weighted by molar-refractivity contribution is -0.130. The van der Waals surface area contributed by atoms with Crippen LogP contribution < -0.4 is 15.8 Å². The lowest BCUT2D eigenvalue weighted by Crippen LogP contribution is -2.50. The molecule has 1 aliphatic carbocycles. The van der Waals surface area contributed by atoms with Gasteiger partial charge in [0.05, 0.1) is 28.9 Å². The predicted molar refractivity (Wildman–Crippen MR) is 152 cm³/mol. The van der Waals surface area contributed by atoms with E-state index >= 15 is 0 Å². The van der Waals surface area contributed by atoms with Crippen LogP contribution in [0.1, 0.15) is 37.7 Å². The fraction of sp³-hybridized carbons (Fsp3) is 0.414. The number of hydrogen-bond donors (Lipinski definition) is 1. The lowest BCUT2D eigenvalue weighted by atomic mass is 9.95. The van der Waals surface area contributed by atoms with Crippen molar-refractivity contribution in [3.05, 3.63) is 76.7 Å². The molecule has 1 N–H and O–H groups in total. The first-order valence-electron chi connectivity index (χ1n) is 13.6. The minimum Gasteiger partial charge on any atom is -0.376 e. The van der Waals surface area contributed by atoms with E-state index in [0.717, 1.165) is 42.6 Å². The summed E-state index contributed by atoms with van der Waals surface area (Å²) >= 11 is 0. The highest BCUT2D eigenvalue weighted by molar-refractivity contribution is 7.90. The molecule has 0 atom stereocenters. The van der Waals surface area contributed by atoms with Crippen LogP contribution in [0.25, 0.3) is 5.69 Å². The molecule has 1 amide bonds. The maximum absolute atomic E-state index is 13.7. The maximum atomic E-state index is 13.7. The van der Waals surface area contributed by atoms with E-state index in [1.165, 1.54) is 17.4 Å². The van der Waals surface area contributed by atoms with Crippen LogP contribution in [0.5, 0.6) is 0 Å². The Bertz CT molecular complexity index is 1460. The molecule has 2 fully saturated rings. The maximum Gasteiger partial charge on any atom is 0.296 e. The molecule has 2 heterocycles. The zero-order chi connectivity index (χ0) is 27.4. The summed E-state index contributed by atoms with van der Waals surface area (Å²) < 4.78 is 24.8. The minimum absolute atomic E-state index is 0.0000651. The van der Waals surface area contributed by atoms with Crippen LogP contribution in [0, 0.1) is 0 Å². The molecule has 2 aromatic carbocycles. The summed E-state index contributed by atoms with van der Waals surface area (Å²) in [4.78, 5) is 30.9. The monoisotopic (exact) mass is 549 g/mol. The third-order valence-corrected chi connectivity index (χ3v) is 8.72. The molecule has 9 nitrogen and oxygen atoms in total. The van der Waals surface area contributed by atoms with Crippen molar-refractivity contribution in [3.8, 4) is 5.69 Å². The van der Waals surface area contributed by atoms with Gasteiger partial charge in [-0.3, -0.25) is 9.59 Å². The number of benzene rings is 2. The average Bonchev–Trinajstić information content (AvgIpc) is 2.95. The number of nitrogens with one attached hydrogen (secondary N) is 1. The third kappa shape index (κ3) is 6.33. The van der Waals surface area contributed by atoms with Gasteiger partial charge in [0.15, 0.2) is 9.84 Å². The number of amides is 1. The molecule has 2 aliphatic rings. The number of rotatable bonds is 7. The SMILES string of the molecule is CS(=O)(=O)c1ccc(CC(=O)N2CCN(c3cnn(-c4ccccc4)c(=O)c3NC3CCCCC3)CC2)cc1. The largest absolute Gasteiger partial charge is 0.376 e. The first kappa shape index (κ1) is 26.9. The lowest BCUT2D eigenvalue weighted by Gasteiger charge is -2.37. The summed E-state index contributed by atoms with van der Waals surface area (Å²) in [7, 11) is -3.27. The fourth-order valence-electron chi connectivity index (χ4n) is 5.36. The highest BCUT2D eigenvalue weighted by Gasteiger charge is 2.26. The van der Waals surface area contributed by atoms with Gasteiger partial charge < -0.3 is 15.1 Å². The molecule has 10 heteroatoms. The van der Waals surface area contributed by atoms with Gasteiger partial charge in [0.1, 0.15) is 5.69 Å². The standard InChI is InChI=1S/C29H35N5O4S/c1-39(37,38)25-14-12-22(13-15-25)20-27(35)33-18-16-32(17-19-33)26-21-30-34(24-10-6-3-7-11-24)29(36)28(26)31-23-8-4-2-5-9-23/h3,6-7,10-15,21,23,31H,2,4-5,8-9,16-20H2,1H3. The summed E-state index contributed by atoms with van der Waals surface area (Å²) in [6, 6.07) is 16.2. The molecule has 1 aliphatic heterocycles. The van der Waals surface area contributed by atoms with Crippen molar-refractivity contribution in [2.45, 2.75) is 49.5 Å². The van der Waals surface area contributed by atoms with Gasteiger partial charge in [-0.25, -0.2) is 8.42 Å². The van der Waals surface area contributed by atoms with E-state index in [0.29, 0.717) is 31.9 Å². The second kappa shape index (κ2) is 11.6. The zero-order valence-corrected chi connectivity index (χ0v) is 23.1. The van der Waals surface area contributed by atoms with Gasteiger partial charge in [-0.1, -0.05) is 49.6 Å². The number of anilines is 2. The van der Waals surface area contributed by atoms with Crippen molar-refractivity contribution < 1.29 is 13.2 Å². The Balaban J connectivity index is 1.30. The zero-order valence-electron chi connectivity index (χ0n) is 22.3. The average molecular weight is 550 g/mol. The Kier molecular flexibility index (Phi) is 8.02. The molecule has 39 heavy (non-hydrogen) atoms. The fourth-order valence-corrected chi connectivity index (χ4v) is 5.99. The number of para-hydroxylation sites is 1. The first-order valence-corrected chi connectivity index (χ1v) is 15.4. The van der Waals surface area contributed by atoms with Gasteiger partial charge in [0.25, 0.3) is 5.56 Å². The quantitative estimate of drug-likeness (QED) is 0.482. The molecule has 0 spiro atoms. The number of aromatic nitrogens is 2. The van der Waals surface area contributed by atoms with Crippen molar-refractivity contribution >= 4 is 27.1 Å². The number of carbonyl (C=O) groups is 1. The molecule has 0 radical (unpaired) electrons. The van der Waals surface area contributed by atoms with E-state index in [2.05, 4.69) is 15.3 Å². The second-order valence-corrected chi connectivity index (χ2v) is 12.4. The van der Waals surface area contributed by atoms with Crippen LogP contribution in [-0.4, -0.2) is 67.5 Å². The highest BCUT2D eigenvalue weighted by atomic mass is 32.2. The van der Waals surface area contributed by atoms with Gasteiger partial charge >= 0.3 is 0 Å². The van der Waals surface area contributed by atoms with Gasteiger partial charge in [-0.2, -0.15) is 9.78 Å². The van der Waals surface area contributed by atoms with E-state index < -0.39 is 9.84 Å². The van der Waals surface area contributed by atoms with E-state index in [1.54, 1.807) is 30.5 Å². The van der Waals surface area contributed by atoms with Crippen LogP contribution in [0.15, 0.2) is 70.5 Å². The van der Waals surface area contributed by atoms with Gasteiger partial charge in [-0.05, 0) is 42.7 Å². The normalized spacial score (nSPS) is 16.7. The highest BCUT2D eigenvalue weighted by Crippen LogP contribution is 2.28. The predicted octanol–water partition coefficient (Wildman–Crippen LogP) is 3.27. The van der Waals surface area contributed by atoms with Gasteiger partial charge in [0.2, 0.25) is 5.91 Å². The van der Waals surface area contributed by atoms with Crippen molar-refractivity contribution in [1.82, 2.24) is 14.7 Å². The van der Waals surface area contributed by atoms with E-state index in [9.17, 15) is 18.0 Å². The second-order valence-electron chi connectivity index (χ2n) is 10.4. The van der Waals surface area contributed by atoms with Crippen molar-refractivity contribution in [2.24, 2.45) is 0 Å². The Labute approximate surface area is 229 Å². The van der Waals surface area contributed by atoms with E-state index in [-0.39, 0.29) is 28.8 Å². The molecule has 1 saturated heterocycles. The molecule has 1 saturated carbocycles. The number of piperazine rings is 1. The summed E-state index contributed by atoms with van der Waals surface area (Å²) in [6.07, 6.45) is 8.77. The molecule has 1 aromatic heterocycles. The smallest absolute Gasteiger partial charge is 0.296 e. The first-order chi connectivity index (χ1) is 18.8. The van der Waals surface area contributed by atoms with Crippen LogP contribution >= 0.6 is 0 Å². The summed E-state index contributed by atoms with van der Waals surface area (Å²) in [5.41, 5.74) is 2.69. The van der Waals surface area contributed by atoms with Gasteiger partial charge in [0, 0.05) is 38.5 Å².